The number of hydrogen-bond acceptors (Lipinski definition) is 7. The van der Waals surface area contributed by atoms with E-state index in [-0.39, 0.29) is 17.0 Å². The van der Waals surface area contributed by atoms with E-state index >= 15 is 0 Å². The number of nitrogens with zero attached hydrogens (tertiary/aromatic N) is 3. The standard InChI is InChI=1S/C20H14N4O3S/c1-10-3-5-12(26-10)7-16-19(25)24-18(23)13(8-21)17(14(9-22)20(24)28-16)15-6-4-11(2)27-15/h3-7,17H,23H2,1-2H3/b16-7+. The van der Waals surface area contributed by atoms with Crippen LogP contribution in [0.15, 0.2) is 43.5 Å². The second-order valence-electron chi connectivity index (χ2n) is 6.32. The van der Waals surface area contributed by atoms with Crippen molar-refractivity contribution in [1.82, 2.24) is 4.57 Å². The quantitative estimate of drug-likeness (QED) is 0.710. The third-order valence-corrected chi connectivity index (χ3v) is 5.58. The van der Waals surface area contributed by atoms with Crippen LogP contribution in [0.3, 0.4) is 0 Å². The van der Waals surface area contributed by atoms with E-state index in [1.807, 2.05) is 6.07 Å². The van der Waals surface area contributed by atoms with Crippen molar-refractivity contribution in [3.63, 3.8) is 0 Å². The number of aromatic nitrogens is 1. The Kier molecular flexibility index (Phi) is 4.07. The predicted molar refractivity (Wildman–Crippen MR) is 103 cm³/mol. The van der Waals surface area contributed by atoms with Gasteiger partial charge in [0.15, 0.2) is 0 Å². The number of nitrogens with two attached hydrogens (primary N) is 1. The van der Waals surface area contributed by atoms with Crippen LogP contribution in [0.1, 0.15) is 29.0 Å². The maximum atomic E-state index is 12.9. The molecule has 1 atom stereocenters. The Morgan fingerprint density at radius 2 is 1.79 bits per heavy atom. The van der Waals surface area contributed by atoms with Crippen molar-refractivity contribution in [3.05, 3.63) is 72.4 Å². The molecule has 1 aliphatic rings. The molecular weight excluding hydrogens is 376 g/mol. The first kappa shape index (κ1) is 17.7. The first-order valence-corrected chi connectivity index (χ1v) is 9.17. The Hall–Kier alpha value is -3.75. The number of furan rings is 2. The number of fused-ring (bicyclic) bond motifs is 1. The molecule has 3 aromatic heterocycles. The molecule has 0 spiro atoms. The summed E-state index contributed by atoms with van der Waals surface area (Å²) in [5.41, 5.74) is 6.15. The molecule has 1 unspecified atom stereocenters. The van der Waals surface area contributed by atoms with Crippen LogP contribution in [0.25, 0.3) is 17.5 Å². The van der Waals surface area contributed by atoms with E-state index in [9.17, 15) is 15.3 Å². The molecular formula is C20H14N4O3S. The fourth-order valence-electron chi connectivity index (χ4n) is 3.20. The van der Waals surface area contributed by atoms with Crippen molar-refractivity contribution in [3.8, 4) is 12.1 Å². The zero-order valence-electron chi connectivity index (χ0n) is 15.0. The Labute approximate surface area is 163 Å². The molecule has 0 aromatic carbocycles. The molecule has 3 aromatic rings. The topological polar surface area (TPSA) is 122 Å². The molecule has 2 N–H and O–H groups in total. The lowest BCUT2D eigenvalue weighted by Crippen LogP contribution is -2.38. The van der Waals surface area contributed by atoms with Crippen LogP contribution in [0.4, 0.5) is 0 Å². The van der Waals surface area contributed by atoms with Gasteiger partial charge in [-0.05, 0) is 38.1 Å². The molecule has 0 aliphatic carbocycles. The SMILES string of the molecule is Cc1ccc(/C=c2/sc3n(c2=O)C(N)=C(C#N)C(c2ccc(C)o2)C=3C#N)o1. The van der Waals surface area contributed by atoms with E-state index in [2.05, 4.69) is 6.07 Å². The van der Waals surface area contributed by atoms with Gasteiger partial charge in [0.05, 0.1) is 33.7 Å². The molecule has 0 radical (unpaired) electrons. The zero-order chi connectivity index (χ0) is 20.0. The summed E-state index contributed by atoms with van der Waals surface area (Å²) in [4.78, 5) is 12.9. The second-order valence-corrected chi connectivity index (χ2v) is 7.35. The number of thiazole rings is 1. The van der Waals surface area contributed by atoms with E-state index in [0.29, 0.717) is 26.5 Å². The first-order valence-electron chi connectivity index (χ1n) is 8.35. The van der Waals surface area contributed by atoms with Crippen LogP contribution >= 0.6 is 11.3 Å². The van der Waals surface area contributed by atoms with Gasteiger partial charge in [0.25, 0.3) is 5.56 Å². The number of hydrogen-bond donors (Lipinski definition) is 1. The normalized spacial score (nSPS) is 16.8. The third-order valence-electron chi connectivity index (χ3n) is 4.47. The van der Waals surface area contributed by atoms with Crippen molar-refractivity contribution in [2.24, 2.45) is 5.73 Å². The van der Waals surface area contributed by atoms with Crippen molar-refractivity contribution >= 4 is 28.8 Å². The minimum atomic E-state index is -0.750. The van der Waals surface area contributed by atoms with Gasteiger partial charge in [0.1, 0.15) is 33.5 Å². The number of nitriles is 2. The van der Waals surface area contributed by atoms with Crippen molar-refractivity contribution in [2.45, 2.75) is 19.8 Å². The number of aryl methyl sites for hydroxylation is 2. The van der Waals surface area contributed by atoms with Gasteiger partial charge in [-0.15, -0.1) is 11.3 Å². The van der Waals surface area contributed by atoms with Gasteiger partial charge < -0.3 is 14.6 Å². The molecule has 4 rings (SSSR count). The van der Waals surface area contributed by atoms with E-state index in [1.54, 1.807) is 44.2 Å². The Balaban J connectivity index is 2.07. The Bertz CT molecular complexity index is 1400. The summed E-state index contributed by atoms with van der Waals surface area (Å²) in [6.45, 7) is 3.58. The summed E-state index contributed by atoms with van der Waals surface area (Å²) < 4.78 is 13.1. The molecule has 7 nitrogen and oxygen atoms in total. The highest BCUT2D eigenvalue weighted by atomic mass is 32.1. The van der Waals surface area contributed by atoms with Gasteiger partial charge in [0, 0.05) is 6.08 Å². The largest absolute Gasteiger partial charge is 0.465 e. The highest BCUT2D eigenvalue weighted by molar-refractivity contribution is 7.07. The van der Waals surface area contributed by atoms with Crippen LogP contribution < -0.4 is 20.5 Å². The zero-order valence-corrected chi connectivity index (χ0v) is 15.8. The Morgan fingerprint density at radius 1 is 1.11 bits per heavy atom. The molecule has 8 heteroatoms. The molecule has 1 aliphatic heterocycles. The third kappa shape index (κ3) is 2.59. The Morgan fingerprint density at radius 3 is 2.36 bits per heavy atom. The average molecular weight is 390 g/mol. The van der Waals surface area contributed by atoms with Crippen molar-refractivity contribution in [2.75, 3.05) is 0 Å². The van der Waals surface area contributed by atoms with Crippen LogP contribution in [-0.4, -0.2) is 4.57 Å². The van der Waals surface area contributed by atoms with Crippen LogP contribution in [-0.2, 0) is 0 Å². The van der Waals surface area contributed by atoms with Crippen molar-refractivity contribution < 1.29 is 8.83 Å². The minimum absolute atomic E-state index is 0.00655. The fourth-order valence-corrected chi connectivity index (χ4v) is 4.31. The van der Waals surface area contributed by atoms with Gasteiger partial charge in [-0.1, -0.05) is 0 Å². The molecule has 138 valence electrons. The molecule has 0 saturated carbocycles. The first-order chi connectivity index (χ1) is 13.4. The molecule has 0 saturated heterocycles. The lowest BCUT2D eigenvalue weighted by Gasteiger charge is -2.20. The maximum absolute atomic E-state index is 12.9. The van der Waals surface area contributed by atoms with E-state index in [1.165, 1.54) is 4.57 Å². The van der Waals surface area contributed by atoms with Gasteiger partial charge in [-0.2, -0.15) is 10.5 Å². The van der Waals surface area contributed by atoms with Crippen LogP contribution in [0, 0.1) is 36.5 Å². The van der Waals surface area contributed by atoms with E-state index < -0.39 is 11.5 Å². The summed E-state index contributed by atoms with van der Waals surface area (Å²) >= 11 is 1.13. The summed E-state index contributed by atoms with van der Waals surface area (Å²) in [6, 6.07) is 11.2. The summed E-state index contributed by atoms with van der Waals surface area (Å²) in [5.74, 6) is 1.59. The van der Waals surface area contributed by atoms with Crippen LogP contribution in [0.5, 0.6) is 0 Å². The highest BCUT2D eigenvalue weighted by Crippen LogP contribution is 2.36. The van der Waals surface area contributed by atoms with Gasteiger partial charge in [-0.25, -0.2) is 0 Å². The van der Waals surface area contributed by atoms with Gasteiger partial charge >= 0.3 is 0 Å². The smallest absolute Gasteiger partial charge is 0.274 e. The van der Waals surface area contributed by atoms with Crippen molar-refractivity contribution in [1.29, 1.82) is 10.5 Å². The predicted octanol–water partition coefficient (Wildman–Crippen LogP) is 1.66. The average Bonchev–Trinajstić information content (AvgIpc) is 3.35. The van der Waals surface area contributed by atoms with E-state index in [0.717, 1.165) is 17.1 Å². The van der Waals surface area contributed by atoms with Gasteiger partial charge in [0.2, 0.25) is 0 Å². The lowest BCUT2D eigenvalue weighted by atomic mass is 9.88. The fraction of sp³-hybridized carbons (Fsp3) is 0.150. The molecule has 28 heavy (non-hydrogen) atoms. The molecule has 0 fully saturated rings. The monoisotopic (exact) mass is 390 g/mol. The molecule has 0 bridgehead atoms. The number of rotatable bonds is 2. The summed E-state index contributed by atoms with van der Waals surface area (Å²) in [6.07, 6.45) is 1.60. The second kappa shape index (κ2) is 6.45. The molecule has 0 amide bonds. The van der Waals surface area contributed by atoms with Crippen LogP contribution in [0.2, 0.25) is 0 Å². The van der Waals surface area contributed by atoms with Gasteiger partial charge in [-0.3, -0.25) is 9.36 Å². The minimum Gasteiger partial charge on any atom is -0.465 e. The molecule has 4 heterocycles. The summed E-state index contributed by atoms with van der Waals surface area (Å²) in [7, 11) is 0. The summed E-state index contributed by atoms with van der Waals surface area (Å²) in [5, 5.41) is 19.5. The maximum Gasteiger partial charge on any atom is 0.274 e. The number of allylic oxidation sites excluding steroid dienone is 1. The highest BCUT2D eigenvalue weighted by Gasteiger charge is 2.34. The van der Waals surface area contributed by atoms with E-state index in [4.69, 9.17) is 14.6 Å². The lowest BCUT2D eigenvalue weighted by molar-refractivity contribution is 0.482.